The topological polar surface area (TPSA) is 50.7 Å². The molecule has 0 aliphatic carbocycles. The molecule has 20 heavy (non-hydrogen) atoms. The number of nitrogens with one attached hydrogen (secondary N) is 1. The predicted octanol–water partition coefficient (Wildman–Crippen LogP) is 2.77. The Bertz CT molecular complexity index is 461. The molecule has 1 aromatic rings. The lowest BCUT2D eigenvalue weighted by molar-refractivity contribution is 0.187. The molecule has 1 rings (SSSR count). The number of aliphatic hydroxyl groups excluding tert-OH is 1. The van der Waals surface area contributed by atoms with Crippen molar-refractivity contribution in [2.75, 3.05) is 20.3 Å². The van der Waals surface area contributed by atoms with E-state index in [0.29, 0.717) is 29.7 Å². The van der Waals surface area contributed by atoms with E-state index in [-0.39, 0.29) is 12.1 Å². The molecule has 1 aromatic carbocycles. The second-order valence-corrected chi connectivity index (χ2v) is 5.50. The summed E-state index contributed by atoms with van der Waals surface area (Å²) in [6.45, 7) is 8.40. The minimum atomic E-state index is -0.366. The molecule has 2 N–H and O–H groups in total. The third kappa shape index (κ3) is 4.71. The molecule has 0 aromatic heterocycles. The largest absolute Gasteiger partial charge is 0.493 e. The van der Waals surface area contributed by atoms with Gasteiger partial charge in [0, 0.05) is 23.2 Å². The third-order valence-electron chi connectivity index (χ3n) is 2.84. The van der Waals surface area contributed by atoms with Crippen LogP contribution >= 0.6 is 11.6 Å². The summed E-state index contributed by atoms with van der Waals surface area (Å²) < 4.78 is 10.8. The summed E-state index contributed by atoms with van der Waals surface area (Å²) in [6.07, 6.45) is 1.66. The first kappa shape index (κ1) is 16.8. The molecule has 0 unspecified atom stereocenters. The number of benzene rings is 1. The average molecular weight is 300 g/mol. The Kier molecular flexibility index (Phi) is 6.33. The maximum atomic E-state index is 9.23. The van der Waals surface area contributed by atoms with Crippen molar-refractivity contribution >= 4 is 11.6 Å². The highest BCUT2D eigenvalue weighted by Crippen LogP contribution is 2.33. The van der Waals surface area contributed by atoms with Crippen LogP contribution in [0, 0.1) is 0 Å². The van der Waals surface area contributed by atoms with E-state index < -0.39 is 0 Å². The van der Waals surface area contributed by atoms with E-state index in [2.05, 4.69) is 11.9 Å². The maximum absolute atomic E-state index is 9.23. The van der Waals surface area contributed by atoms with Gasteiger partial charge < -0.3 is 19.9 Å². The average Bonchev–Trinajstić information content (AvgIpc) is 2.43. The molecule has 0 saturated carbocycles. The third-order valence-corrected chi connectivity index (χ3v) is 3.19. The number of aliphatic hydroxyl groups is 1. The van der Waals surface area contributed by atoms with Gasteiger partial charge in [-0.05, 0) is 25.5 Å². The number of rotatable bonds is 8. The van der Waals surface area contributed by atoms with Crippen molar-refractivity contribution < 1.29 is 14.6 Å². The van der Waals surface area contributed by atoms with Gasteiger partial charge in [-0.3, -0.25) is 0 Å². The van der Waals surface area contributed by atoms with Crippen LogP contribution in [0.1, 0.15) is 19.4 Å². The first-order valence-corrected chi connectivity index (χ1v) is 6.77. The van der Waals surface area contributed by atoms with Crippen molar-refractivity contribution in [3.8, 4) is 11.5 Å². The SMILES string of the molecule is C=CCOc1cc(Cl)c(CNC(C)(C)CO)cc1OC. The molecule has 0 atom stereocenters. The van der Waals surface area contributed by atoms with Crippen LogP contribution < -0.4 is 14.8 Å². The molecule has 112 valence electrons. The first-order valence-electron chi connectivity index (χ1n) is 6.39. The Hall–Kier alpha value is -1.23. The quantitative estimate of drug-likeness (QED) is 0.725. The van der Waals surface area contributed by atoms with Crippen molar-refractivity contribution in [2.45, 2.75) is 25.9 Å². The highest BCUT2D eigenvalue weighted by molar-refractivity contribution is 6.31. The Morgan fingerprint density at radius 3 is 2.65 bits per heavy atom. The second kappa shape index (κ2) is 7.53. The van der Waals surface area contributed by atoms with Crippen molar-refractivity contribution in [1.82, 2.24) is 5.32 Å². The molecule has 0 aliphatic rings. The lowest BCUT2D eigenvalue weighted by Crippen LogP contribution is -2.42. The van der Waals surface area contributed by atoms with Crippen LogP contribution in [0.3, 0.4) is 0 Å². The van der Waals surface area contributed by atoms with Gasteiger partial charge in [0.1, 0.15) is 6.61 Å². The smallest absolute Gasteiger partial charge is 0.163 e. The van der Waals surface area contributed by atoms with Gasteiger partial charge in [-0.2, -0.15) is 0 Å². The maximum Gasteiger partial charge on any atom is 0.163 e. The molecule has 0 saturated heterocycles. The molecule has 0 fully saturated rings. The van der Waals surface area contributed by atoms with Gasteiger partial charge in [0.2, 0.25) is 0 Å². The molecule has 5 heteroatoms. The summed E-state index contributed by atoms with van der Waals surface area (Å²) in [5, 5.41) is 13.1. The molecular weight excluding hydrogens is 278 g/mol. The van der Waals surface area contributed by atoms with Crippen molar-refractivity contribution in [2.24, 2.45) is 0 Å². The van der Waals surface area contributed by atoms with Gasteiger partial charge in [-0.15, -0.1) is 0 Å². The monoisotopic (exact) mass is 299 g/mol. The Morgan fingerprint density at radius 1 is 1.40 bits per heavy atom. The van der Waals surface area contributed by atoms with Crippen LogP contribution in [0.5, 0.6) is 11.5 Å². The minimum Gasteiger partial charge on any atom is -0.493 e. The molecule has 4 nitrogen and oxygen atoms in total. The van der Waals surface area contributed by atoms with E-state index in [9.17, 15) is 5.11 Å². The second-order valence-electron chi connectivity index (χ2n) is 5.09. The fraction of sp³-hybridized carbons (Fsp3) is 0.467. The Morgan fingerprint density at radius 2 is 2.10 bits per heavy atom. The van der Waals surface area contributed by atoms with E-state index in [4.69, 9.17) is 21.1 Å². The van der Waals surface area contributed by atoms with Gasteiger partial charge in [0.15, 0.2) is 11.5 Å². The Balaban J connectivity index is 2.90. The standard InChI is InChI=1S/C15H22ClNO3/c1-5-6-20-14-8-12(16)11(7-13(14)19-4)9-17-15(2,3)10-18/h5,7-8,17-18H,1,6,9-10H2,2-4H3. The number of hydrogen-bond donors (Lipinski definition) is 2. The number of hydrogen-bond acceptors (Lipinski definition) is 4. The van der Waals surface area contributed by atoms with Gasteiger partial charge in [-0.25, -0.2) is 0 Å². The van der Waals surface area contributed by atoms with Crippen molar-refractivity contribution in [3.63, 3.8) is 0 Å². The van der Waals surface area contributed by atoms with Crippen LogP contribution in [0.2, 0.25) is 5.02 Å². The molecule has 0 heterocycles. The first-order chi connectivity index (χ1) is 9.43. The minimum absolute atomic E-state index is 0.0439. The predicted molar refractivity (Wildman–Crippen MR) is 81.7 cm³/mol. The van der Waals surface area contributed by atoms with E-state index in [1.807, 2.05) is 19.9 Å². The van der Waals surface area contributed by atoms with E-state index in [1.165, 1.54) is 0 Å². The summed E-state index contributed by atoms with van der Waals surface area (Å²) >= 11 is 6.25. The lowest BCUT2D eigenvalue weighted by atomic mass is 10.1. The zero-order valence-corrected chi connectivity index (χ0v) is 13.0. The van der Waals surface area contributed by atoms with Gasteiger partial charge in [0.25, 0.3) is 0 Å². The lowest BCUT2D eigenvalue weighted by Gasteiger charge is -2.24. The van der Waals surface area contributed by atoms with Crippen molar-refractivity contribution in [1.29, 1.82) is 0 Å². The van der Waals surface area contributed by atoms with Crippen LogP contribution in [-0.4, -0.2) is 31.0 Å². The van der Waals surface area contributed by atoms with Crippen molar-refractivity contribution in [3.05, 3.63) is 35.4 Å². The van der Waals surface area contributed by atoms with Gasteiger partial charge in [-0.1, -0.05) is 24.3 Å². The zero-order chi connectivity index (χ0) is 15.2. The number of ether oxygens (including phenoxy) is 2. The molecule has 0 aliphatic heterocycles. The molecule has 0 spiro atoms. The summed E-state index contributed by atoms with van der Waals surface area (Å²) in [4.78, 5) is 0. The Labute approximate surface area is 125 Å². The number of methoxy groups -OCH3 is 1. The summed E-state index contributed by atoms with van der Waals surface area (Å²) in [5.74, 6) is 1.21. The molecular formula is C15H22ClNO3. The summed E-state index contributed by atoms with van der Waals surface area (Å²) in [7, 11) is 1.58. The van der Waals surface area contributed by atoms with Crippen LogP contribution in [0.15, 0.2) is 24.8 Å². The van der Waals surface area contributed by atoms with E-state index in [1.54, 1.807) is 19.3 Å². The van der Waals surface area contributed by atoms with Crippen LogP contribution in [0.25, 0.3) is 0 Å². The highest BCUT2D eigenvalue weighted by atomic mass is 35.5. The number of halogens is 1. The molecule has 0 amide bonds. The van der Waals surface area contributed by atoms with E-state index in [0.717, 1.165) is 5.56 Å². The van der Waals surface area contributed by atoms with Gasteiger partial charge in [0.05, 0.1) is 13.7 Å². The van der Waals surface area contributed by atoms with Crippen LogP contribution in [-0.2, 0) is 6.54 Å². The molecule has 0 bridgehead atoms. The highest BCUT2D eigenvalue weighted by Gasteiger charge is 2.17. The van der Waals surface area contributed by atoms with Crippen LogP contribution in [0.4, 0.5) is 0 Å². The van der Waals surface area contributed by atoms with Gasteiger partial charge >= 0.3 is 0 Å². The zero-order valence-electron chi connectivity index (χ0n) is 12.2. The molecule has 0 radical (unpaired) electrons. The fourth-order valence-electron chi connectivity index (χ4n) is 1.52. The summed E-state index contributed by atoms with van der Waals surface area (Å²) in [6, 6.07) is 3.56. The summed E-state index contributed by atoms with van der Waals surface area (Å²) in [5.41, 5.74) is 0.519. The normalized spacial score (nSPS) is 11.2. The fourth-order valence-corrected chi connectivity index (χ4v) is 1.74. The van der Waals surface area contributed by atoms with E-state index >= 15 is 0 Å².